The minimum Gasteiger partial charge on any atom is -0.486 e. The Morgan fingerprint density at radius 1 is 1.04 bits per heavy atom. The second kappa shape index (κ2) is 5.81. The number of anilines is 1. The number of aromatic nitrogens is 2. The van der Waals surface area contributed by atoms with Gasteiger partial charge >= 0.3 is 0 Å². The quantitative estimate of drug-likeness (QED) is 0.708. The second-order valence-corrected chi connectivity index (χ2v) is 6.93. The van der Waals surface area contributed by atoms with Crippen molar-refractivity contribution in [2.24, 2.45) is 0 Å². The number of hydrogen-bond donors (Lipinski definition) is 1. The van der Waals surface area contributed by atoms with Crippen molar-refractivity contribution >= 4 is 21.7 Å². The van der Waals surface area contributed by atoms with Crippen molar-refractivity contribution in [2.45, 2.75) is 6.42 Å². The van der Waals surface area contributed by atoms with Crippen LogP contribution >= 0.6 is 15.9 Å². The third kappa shape index (κ3) is 2.40. The van der Waals surface area contributed by atoms with Gasteiger partial charge in [-0.1, -0.05) is 34.1 Å². The Balaban J connectivity index is 1.66. The van der Waals surface area contributed by atoms with Crippen molar-refractivity contribution in [1.82, 2.24) is 9.78 Å². The molecule has 0 saturated heterocycles. The molecule has 2 aliphatic rings. The summed E-state index contributed by atoms with van der Waals surface area (Å²) in [6.45, 7) is 2.10. The molecule has 5 rings (SSSR count). The lowest BCUT2D eigenvalue weighted by Gasteiger charge is -2.19. The highest BCUT2D eigenvalue weighted by atomic mass is 79.9. The number of nitrogens with one attached hydrogen (secondary N) is 1. The second-order valence-electron chi connectivity index (χ2n) is 6.07. The van der Waals surface area contributed by atoms with Gasteiger partial charge < -0.3 is 14.8 Å². The van der Waals surface area contributed by atoms with Crippen LogP contribution in [0.5, 0.6) is 11.5 Å². The highest BCUT2D eigenvalue weighted by Gasteiger charge is 2.25. The lowest BCUT2D eigenvalue weighted by Crippen LogP contribution is -2.15. The molecule has 1 aromatic heterocycles. The molecule has 0 fully saturated rings. The van der Waals surface area contributed by atoms with E-state index in [1.807, 2.05) is 41.1 Å². The van der Waals surface area contributed by atoms with Gasteiger partial charge in [0.1, 0.15) is 19.0 Å². The Morgan fingerprint density at radius 2 is 1.88 bits per heavy atom. The molecule has 126 valence electrons. The van der Waals surface area contributed by atoms with Crippen molar-refractivity contribution in [3.05, 3.63) is 52.5 Å². The van der Waals surface area contributed by atoms with Crippen LogP contribution in [0.1, 0.15) is 5.56 Å². The standard InChI is InChI=1S/C19H16BrN3O2/c20-15-4-2-1-3-13(15)18-14-7-8-21-19(14)23(22-18)12-5-6-16-17(11-12)25-10-9-24-16/h1-6,11,21H,7-10H2. The first-order valence-corrected chi connectivity index (χ1v) is 9.11. The minimum absolute atomic E-state index is 0.578. The molecule has 0 saturated carbocycles. The molecule has 2 aliphatic heterocycles. The van der Waals surface area contributed by atoms with E-state index in [4.69, 9.17) is 14.6 Å². The van der Waals surface area contributed by atoms with E-state index < -0.39 is 0 Å². The minimum atomic E-state index is 0.578. The smallest absolute Gasteiger partial charge is 0.163 e. The zero-order chi connectivity index (χ0) is 16.8. The van der Waals surface area contributed by atoms with E-state index in [1.165, 1.54) is 5.56 Å². The fourth-order valence-electron chi connectivity index (χ4n) is 3.39. The Bertz CT molecular complexity index is 967. The van der Waals surface area contributed by atoms with Gasteiger partial charge in [0.25, 0.3) is 0 Å². The van der Waals surface area contributed by atoms with Crippen molar-refractivity contribution < 1.29 is 9.47 Å². The van der Waals surface area contributed by atoms with Gasteiger partial charge in [0.2, 0.25) is 0 Å². The molecule has 6 heteroatoms. The lowest BCUT2D eigenvalue weighted by atomic mass is 10.1. The van der Waals surface area contributed by atoms with Crippen LogP contribution in [-0.2, 0) is 6.42 Å². The van der Waals surface area contributed by atoms with E-state index in [0.29, 0.717) is 13.2 Å². The van der Waals surface area contributed by atoms with Gasteiger partial charge in [0.05, 0.1) is 11.4 Å². The molecule has 2 aromatic carbocycles. The Labute approximate surface area is 153 Å². The molecule has 0 spiro atoms. The largest absolute Gasteiger partial charge is 0.486 e. The molecule has 3 heterocycles. The van der Waals surface area contributed by atoms with E-state index in [2.05, 4.69) is 27.3 Å². The topological polar surface area (TPSA) is 48.3 Å². The van der Waals surface area contributed by atoms with Crippen LogP contribution in [0.3, 0.4) is 0 Å². The van der Waals surface area contributed by atoms with Gasteiger partial charge in [-0.25, -0.2) is 4.68 Å². The van der Waals surface area contributed by atoms with Gasteiger partial charge in [0, 0.05) is 28.2 Å². The lowest BCUT2D eigenvalue weighted by molar-refractivity contribution is 0.171. The summed E-state index contributed by atoms with van der Waals surface area (Å²) in [5.41, 5.74) is 4.34. The Kier molecular flexibility index (Phi) is 3.45. The summed E-state index contributed by atoms with van der Waals surface area (Å²) in [6, 6.07) is 14.2. The summed E-state index contributed by atoms with van der Waals surface area (Å²) in [5, 5.41) is 8.38. The maximum atomic E-state index is 5.72. The van der Waals surface area contributed by atoms with Gasteiger partial charge in [0.15, 0.2) is 11.5 Å². The zero-order valence-electron chi connectivity index (χ0n) is 13.5. The first-order valence-electron chi connectivity index (χ1n) is 8.32. The number of halogens is 1. The first kappa shape index (κ1) is 14.8. The van der Waals surface area contributed by atoms with E-state index in [0.717, 1.165) is 51.7 Å². The molecule has 25 heavy (non-hydrogen) atoms. The third-order valence-corrected chi connectivity index (χ3v) is 5.24. The fraction of sp³-hybridized carbons (Fsp3) is 0.211. The van der Waals surface area contributed by atoms with E-state index in [1.54, 1.807) is 0 Å². The van der Waals surface area contributed by atoms with Crippen LogP contribution in [-0.4, -0.2) is 29.5 Å². The van der Waals surface area contributed by atoms with E-state index in [9.17, 15) is 0 Å². The Morgan fingerprint density at radius 3 is 2.76 bits per heavy atom. The van der Waals surface area contributed by atoms with Crippen molar-refractivity contribution in [2.75, 3.05) is 25.1 Å². The average Bonchev–Trinajstić information content (AvgIpc) is 3.25. The Hall–Kier alpha value is -2.47. The number of nitrogens with zero attached hydrogens (tertiary/aromatic N) is 2. The molecule has 0 amide bonds. The molecule has 0 bridgehead atoms. The fourth-order valence-corrected chi connectivity index (χ4v) is 3.87. The van der Waals surface area contributed by atoms with Gasteiger partial charge in [-0.3, -0.25) is 0 Å². The van der Waals surface area contributed by atoms with Crippen LogP contribution in [0.2, 0.25) is 0 Å². The number of hydrogen-bond acceptors (Lipinski definition) is 4. The summed E-state index contributed by atoms with van der Waals surface area (Å²) < 4.78 is 14.4. The predicted octanol–water partition coefficient (Wildman–Crippen LogP) is 4.04. The van der Waals surface area contributed by atoms with Crippen LogP contribution in [0.15, 0.2) is 46.9 Å². The highest BCUT2D eigenvalue weighted by Crippen LogP contribution is 2.39. The summed E-state index contributed by atoms with van der Waals surface area (Å²) in [4.78, 5) is 0. The maximum Gasteiger partial charge on any atom is 0.163 e. The predicted molar refractivity (Wildman–Crippen MR) is 99.9 cm³/mol. The van der Waals surface area contributed by atoms with Crippen molar-refractivity contribution in [3.63, 3.8) is 0 Å². The number of benzene rings is 2. The van der Waals surface area contributed by atoms with Crippen molar-refractivity contribution in [3.8, 4) is 28.4 Å². The molecule has 0 radical (unpaired) electrons. The van der Waals surface area contributed by atoms with Crippen molar-refractivity contribution in [1.29, 1.82) is 0 Å². The number of rotatable bonds is 2. The molecule has 0 unspecified atom stereocenters. The summed E-state index contributed by atoms with van der Waals surface area (Å²) in [7, 11) is 0. The van der Waals surface area contributed by atoms with Gasteiger partial charge in [-0.15, -0.1) is 0 Å². The van der Waals surface area contributed by atoms with E-state index >= 15 is 0 Å². The van der Waals surface area contributed by atoms with E-state index in [-0.39, 0.29) is 0 Å². The number of ether oxygens (including phenoxy) is 2. The SMILES string of the molecule is Brc1ccccc1-c1nn(-c2ccc3c(c2)OCCO3)c2c1CCN2. The average molecular weight is 398 g/mol. The van der Waals surface area contributed by atoms with Crippen LogP contribution in [0.25, 0.3) is 16.9 Å². The third-order valence-electron chi connectivity index (χ3n) is 4.55. The molecule has 0 atom stereocenters. The normalized spacial score (nSPS) is 14.9. The van der Waals surface area contributed by atoms with Gasteiger partial charge in [-0.05, 0) is 24.6 Å². The molecule has 0 aliphatic carbocycles. The van der Waals surface area contributed by atoms with Gasteiger partial charge in [-0.2, -0.15) is 5.10 Å². The zero-order valence-corrected chi connectivity index (χ0v) is 15.0. The number of fused-ring (bicyclic) bond motifs is 2. The summed E-state index contributed by atoms with van der Waals surface area (Å²) in [5.74, 6) is 2.62. The highest BCUT2D eigenvalue weighted by molar-refractivity contribution is 9.10. The molecular weight excluding hydrogens is 382 g/mol. The summed E-state index contributed by atoms with van der Waals surface area (Å²) >= 11 is 3.65. The molecular formula is C19H16BrN3O2. The molecule has 5 nitrogen and oxygen atoms in total. The first-order chi connectivity index (χ1) is 12.3. The van der Waals surface area contributed by atoms with Crippen LogP contribution in [0.4, 0.5) is 5.82 Å². The maximum absolute atomic E-state index is 5.72. The molecule has 3 aromatic rings. The monoisotopic (exact) mass is 397 g/mol. The van der Waals surface area contributed by atoms with Crippen LogP contribution in [0, 0.1) is 0 Å². The van der Waals surface area contributed by atoms with Crippen LogP contribution < -0.4 is 14.8 Å². The summed E-state index contributed by atoms with van der Waals surface area (Å²) in [6.07, 6.45) is 0.969. The molecule has 1 N–H and O–H groups in total.